The van der Waals surface area contributed by atoms with Crippen LogP contribution in [-0.4, -0.2) is 0 Å². The lowest BCUT2D eigenvalue weighted by Gasteiger charge is -2.06. The lowest BCUT2D eigenvalue weighted by molar-refractivity contribution is 0.713. The van der Waals surface area contributed by atoms with Crippen molar-refractivity contribution in [2.24, 2.45) is 5.73 Å². The van der Waals surface area contributed by atoms with Crippen LogP contribution in [0.5, 0.6) is 0 Å². The number of fused-ring (bicyclic) bond motifs is 1. The molecule has 0 heterocycles. The van der Waals surface area contributed by atoms with E-state index < -0.39 is 0 Å². The molecule has 0 aromatic heterocycles. The number of benzene rings is 1. The summed E-state index contributed by atoms with van der Waals surface area (Å²) < 4.78 is 0. The van der Waals surface area contributed by atoms with Crippen LogP contribution in [-0.2, 0) is 6.42 Å². The molecule has 12 heavy (non-hydrogen) atoms. The molecule has 1 aliphatic rings. The summed E-state index contributed by atoms with van der Waals surface area (Å²) in [6.07, 6.45) is 2.08. The summed E-state index contributed by atoms with van der Waals surface area (Å²) in [5, 5.41) is 0.887. The monoisotopic (exact) mass is 181 g/mol. The zero-order valence-electron chi connectivity index (χ0n) is 7.10. The smallest absolute Gasteiger partial charge is 0.0443 e. The van der Waals surface area contributed by atoms with Crippen LogP contribution in [0.4, 0.5) is 0 Å². The van der Waals surface area contributed by atoms with Gasteiger partial charge in [-0.05, 0) is 42.5 Å². The topological polar surface area (TPSA) is 26.0 Å². The minimum atomic E-state index is 0.206. The van der Waals surface area contributed by atoms with Crippen molar-refractivity contribution in [1.29, 1.82) is 0 Å². The van der Waals surface area contributed by atoms with Gasteiger partial charge >= 0.3 is 0 Å². The van der Waals surface area contributed by atoms with E-state index in [1.54, 1.807) is 0 Å². The Balaban J connectivity index is 2.60. The highest BCUT2D eigenvalue weighted by Gasteiger charge is 2.21. The van der Waals surface area contributed by atoms with E-state index in [0.29, 0.717) is 0 Å². The Bertz CT molecular complexity index is 320. The molecule has 2 N–H and O–H groups in total. The number of hydrogen-bond donors (Lipinski definition) is 1. The van der Waals surface area contributed by atoms with E-state index in [9.17, 15) is 0 Å². The highest BCUT2D eigenvalue weighted by molar-refractivity contribution is 6.31. The van der Waals surface area contributed by atoms with E-state index in [4.69, 9.17) is 17.3 Å². The molecule has 1 aromatic rings. The standard InChI is InChI=1S/C10H12ClN/c1-6-4-8-7(9(11)5-6)2-3-10(8)12/h4-5,10H,2-3,12H2,1H3/t10-/m1/s1. The van der Waals surface area contributed by atoms with Crippen molar-refractivity contribution in [2.45, 2.75) is 25.8 Å². The maximum Gasteiger partial charge on any atom is 0.0443 e. The third-order valence-electron chi connectivity index (χ3n) is 2.48. The molecule has 2 rings (SSSR count). The molecule has 0 bridgehead atoms. The van der Waals surface area contributed by atoms with Crippen LogP contribution in [0.15, 0.2) is 12.1 Å². The number of rotatable bonds is 0. The van der Waals surface area contributed by atoms with Crippen molar-refractivity contribution in [3.63, 3.8) is 0 Å². The van der Waals surface area contributed by atoms with Gasteiger partial charge in [0.1, 0.15) is 0 Å². The van der Waals surface area contributed by atoms with Gasteiger partial charge in [-0.3, -0.25) is 0 Å². The molecule has 0 radical (unpaired) electrons. The van der Waals surface area contributed by atoms with Crippen LogP contribution in [0.2, 0.25) is 5.02 Å². The summed E-state index contributed by atoms with van der Waals surface area (Å²) in [5.74, 6) is 0. The SMILES string of the molecule is Cc1cc(Cl)c2c(c1)[C@H](N)CC2. The van der Waals surface area contributed by atoms with Gasteiger partial charge < -0.3 is 5.73 Å². The normalized spacial score (nSPS) is 21.1. The first-order chi connectivity index (χ1) is 5.68. The summed E-state index contributed by atoms with van der Waals surface area (Å²) in [4.78, 5) is 0. The summed E-state index contributed by atoms with van der Waals surface area (Å²) in [6.45, 7) is 2.05. The first-order valence-electron chi connectivity index (χ1n) is 4.23. The number of aryl methyl sites for hydroxylation is 1. The van der Waals surface area contributed by atoms with Crippen molar-refractivity contribution in [3.05, 3.63) is 33.8 Å². The lowest BCUT2D eigenvalue weighted by Crippen LogP contribution is -2.05. The van der Waals surface area contributed by atoms with E-state index in [-0.39, 0.29) is 6.04 Å². The molecule has 0 saturated heterocycles. The van der Waals surface area contributed by atoms with Gasteiger partial charge in [0.15, 0.2) is 0 Å². The Morgan fingerprint density at radius 1 is 1.50 bits per heavy atom. The number of hydrogen-bond acceptors (Lipinski definition) is 1. The van der Waals surface area contributed by atoms with Crippen molar-refractivity contribution in [3.8, 4) is 0 Å². The van der Waals surface area contributed by atoms with Crippen molar-refractivity contribution >= 4 is 11.6 Å². The Morgan fingerprint density at radius 3 is 3.00 bits per heavy atom. The first-order valence-corrected chi connectivity index (χ1v) is 4.61. The van der Waals surface area contributed by atoms with Crippen LogP contribution in [0.3, 0.4) is 0 Å². The highest BCUT2D eigenvalue weighted by Crippen LogP contribution is 2.34. The van der Waals surface area contributed by atoms with Crippen LogP contribution >= 0.6 is 11.6 Å². The quantitative estimate of drug-likeness (QED) is 0.654. The van der Waals surface area contributed by atoms with Gasteiger partial charge in [0.05, 0.1) is 0 Å². The van der Waals surface area contributed by atoms with Crippen molar-refractivity contribution in [2.75, 3.05) is 0 Å². The predicted octanol–water partition coefficient (Wildman–Crippen LogP) is 2.59. The molecule has 0 fully saturated rings. The average Bonchev–Trinajstić information content (AvgIpc) is 2.33. The number of nitrogens with two attached hydrogens (primary N) is 1. The molecule has 1 aromatic carbocycles. The summed E-state index contributed by atoms with van der Waals surface area (Å²) in [5.41, 5.74) is 9.64. The Morgan fingerprint density at radius 2 is 2.25 bits per heavy atom. The molecular formula is C10H12ClN. The van der Waals surface area contributed by atoms with Crippen molar-refractivity contribution < 1.29 is 0 Å². The fourth-order valence-electron chi connectivity index (χ4n) is 1.85. The minimum absolute atomic E-state index is 0.206. The molecule has 64 valence electrons. The van der Waals surface area contributed by atoms with Gasteiger partial charge in [0, 0.05) is 11.1 Å². The maximum atomic E-state index is 6.08. The summed E-state index contributed by atoms with van der Waals surface area (Å²) in [7, 11) is 0. The highest BCUT2D eigenvalue weighted by atomic mass is 35.5. The molecule has 0 amide bonds. The average molecular weight is 182 g/mol. The molecule has 0 saturated carbocycles. The third-order valence-corrected chi connectivity index (χ3v) is 2.82. The van der Waals surface area contributed by atoms with Crippen LogP contribution in [0.25, 0.3) is 0 Å². The van der Waals surface area contributed by atoms with Crippen molar-refractivity contribution in [1.82, 2.24) is 0 Å². The molecule has 0 unspecified atom stereocenters. The summed E-state index contributed by atoms with van der Waals surface area (Å²) in [6, 6.07) is 4.37. The van der Waals surface area contributed by atoms with Gasteiger partial charge in [0.2, 0.25) is 0 Å². The third kappa shape index (κ3) is 1.13. The largest absolute Gasteiger partial charge is 0.324 e. The Hall–Kier alpha value is -0.530. The second-order valence-corrected chi connectivity index (χ2v) is 3.87. The van der Waals surface area contributed by atoms with Crippen LogP contribution < -0.4 is 5.73 Å². The van der Waals surface area contributed by atoms with E-state index >= 15 is 0 Å². The van der Waals surface area contributed by atoms with Gasteiger partial charge in [-0.25, -0.2) is 0 Å². The fraction of sp³-hybridized carbons (Fsp3) is 0.400. The molecule has 0 spiro atoms. The van der Waals surface area contributed by atoms with Crippen LogP contribution in [0, 0.1) is 6.92 Å². The fourth-order valence-corrected chi connectivity index (χ4v) is 2.22. The maximum absolute atomic E-state index is 6.08. The van der Waals surface area contributed by atoms with Gasteiger partial charge in [-0.15, -0.1) is 0 Å². The van der Waals surface area contributed by atoms with E-state index in [1.807, 2.05) is 6.07 Å². The molecule has 1 atom stereocenters. The first kappa shape index (κ1) is 8.09. The van der Waals surface area contributed by atoms with E-state index in [0.717, 1.165) is 17.9 Å². The van der Waals surface area contributed by atoms with Gasteiger partial charge in [-0.1, -0.05) is 17.7 Å². The zero-order chi connectivity index (χ0) is 8.72. The molecule has 1 nitrogen and oxygen atoms in total. The Labute approximate surface area is 77.5 Å². The van der Waals surface area contributed by atoms with Gasteiger partial charge in [-0.2, -0.15) is 0 Å². The predicted molar refractivity (Wildman–Crippen MR) is 51.4 cm³/mol. The molecule has 2 heteroatoms. The van der Waals surface area contributed by atoms with E-state index in [1.165, 1.54) is 16.7 Å². The Kier molecular flexibility index (Phi) is 1.85. The molecule has 1 aliphatic carbocycles. The van der Waals surface area contributed by atoms with Gasteiger partial charge in [0.25, 0.3) is 0 Å². The zero-order valence-corrected chi connectivity index (χ0v) is 7.86. The molecular weight excluding hydrogens is 170 g/mol. The minimum Gasteiger partial charge on any atom is -0.324 e. The molecule has 0 aliphatic heterocycles. The second kappa shape index (κ2) is 2.75. The summed E-state index contributed by atoms with van der Waals surface area (Å²) >= 11 is 6.08. The number of halogens is 1. The lowest BCUT2D eigenvalue weighted by atomic mass is 10.1. The second-order valence-electron chi connectivity index (χ2n) is 3.46. The van der Waals surface area contributed by atoms with E-state index in [2.05, 4.69) is 13.0 Å². The van der Waals surface area contributed by atoms with Crippen LogP contribution in [0.1, 0.15) is 29.2 Å².